The van der Waals surface area contributed by atoms with E-state index in [4.69, 9.17) is 4.74 Å². The van der Waals surface area contributed by atoms with Crippen molar-refractivity contribution in [3.63, 3.8) is 0 Å². The normalized spacial score (nSPS) is 10.6. The number of methoxy groups -OCH3 is 1. The fraction of sp³-hybridized carbons (Fsp3) is 0.250. The first-order valence-electron chi connectivity index (χ1n) is 5.09. The van der Waals surface area contributed by atoms with Gasteiger partial charge in [0.1, 0.15) is 5.82 Å². The largest absolute Gasteiger partial charge is 0.383 e. The van der Waals surface area contributed by atoms with Crippen LogP contribution >= 0.6 is 15.9 Å². The molecule has 0 bridgehead atoms. The molecule has 1 N–H and O–H groups in total. The molecule has 0 saturated heterocycles. The van der Waals surface area contributed by atoms with Crippen LogP contribution in [0.3, 0.4) is 0 Å². The zero-order valence-electron chi connectivity index (χ0n) is 9.03. The van der Waals surface area contributed by atoms with Crippen molar-refractivity contribution in [2.45, 2.75) is 0 Å². The standard InChI is InChI=1S/C12H13BrN2O/c1-16-8-7-15-12-10-3-2-4-11(13)9(10)5-6-14-12/h2-6H,7-8H2,1H3,(H,14,15). The van der Waals surface area contributed by atoms with E-state index in [9.17, 15) is 0 Å². The fourth-order valence-corrected chi connectivity index (χ4v) is 2.08. The lowest BCUT2D eigenvalue weighted by Crippen LogP contribution is -2.08. The van der Waals surface area contributed by atoms with Gasteiger partial charge in [-0.3, -0.25) is 0 Å². The van der Waals surface area contributed by atoms with Gasteiger partial charge in [-0.2, -0.15) is 0 Å². The lowest BCUT2D eigenvalue weighted by Gasteiger charge is -2.08. The van der Waals surface area contributed by atoms with Crippen LogP contribution in [-0.4, -0.2) is 25.2 Å². The van der Waals surface area contributed by atoms with Crippen molar-refractivity contribution in [1.29, 1.82) is 0 Å². The van der Waals surface area contributed by atoms with E-state index >= 15 is 0 Å². The van der Waals surface area contributed by atoms with Crippen LogP contribution in [0.25, 0.3) is 10.8 Å². The van der Waals surface area contributed by atoms with E-state index in [0.717, 1.165) is 27.6 Å². The molecule has 1 heterocycles. The van der Waals surface area contributed by atoms with Crippen molar-refractivity contribution in [2.75, 3.05) is 25.6 Å². The summed E-state index contributed by atoms with van der Waals surface area (Å²) in [6.45, 7) is 1.43. The maximum atomic E-state index is 5.00. The molecule has 84 valence electrons. The lowest BCUT2D eigenvalue weighted by molar-refractivity contribution is 0.210. The van der Waals surface area contributed by atoms with Gasteiger partial charge < -0.3 is 10.1 Å². The van der Waals surface area contributed by atoms with Crippen LogP contribution in [0.5, 0.6) is 0 Å². The Kier molecular flexibility index (Phi) is 3.74. The summed E-state index contributed by atoms with van der Waals surface area (Å²) >= 11 is 3.53. The van der Waals surface area contributed by atoms with E-state index in [1.54, 1.807) is 7.11 Å². The molecule has 0 aliphatic carbocycles. The Bertz CT molecular complexity index is 487. The minimum absolute atomic E-state index is 0.673. The zero-order valence-corrected chi connectivity index (χ0v) is 10.6. The van der Waals surface area contributed by atoms with Crippen LogP contribution in [0.4, 0.5) is 5.82 Å². The quantitative estimate of drug-likeness (QED) is 0.875. The maximum Gasteiger partial charge on any atom is 0.133 e. The molecule has 0 spiro atoms. The molecular weight excluding hydrogens is 268 g/mol. The van der Waals surface area contributed by atoms with Gasteiger partial charge in [-0.05, 0) is 12.1 Å². The Labute approximate surface area is 103 Å². The van der Waals surface area contributed by atoms with Crippen molar-refractivity contribution in [3.8, 4) is 0 Å². The molecule has 16 heavy (non-hydrogen) atoms. The van der Waals surface area contributed by atoms with Gasteiger partial charge in [0.25, 0.3) is 0 Å². The number of nitrogens with one attached hydrogen (secondary N) is 1. The summed E-state index contributed by atoms with van der Waals surface area (Å²) in [5, 5.41) is 5.54. The van der Waals surface area contributed by atoms with Crippen molar-refractivity contribution < 1.29 is 4.74 Å². The second-order valence-corrected chi connectivity index (χ2v) is 4.27. The first-order valence-corrected chi connectivity index (χ1v) is 5.88. The number of fused-ring (bicyclic) bond motifs is 1. The highest BCUT2D eigenvalue weighted by atomic mass is 79.9. The van der Waals surface area contributed by atoms with Crippen molar-refractivity contribution in [2.24, 2.45) is 0 Å². The Morgan fingerprint density at radius 3 is 3.00 bits per heavy atom. The van der Waals surface area contributed by atoms with Crippen LogP contribution in [0.1, 0.15) is 0 Å². The topological polar surface area (TPSA) is 34.1 Å². The van der Waals surface area contributed by atoms with E-state index in [-0.39, 0.29) is 0 Å². The molecule has 0 atom stereocenters. The minimum Gasteiger partial charge on any atom is -0.383 e. The Hall–Kier alpha value is -1.13. The van der Waals surface area contributed by atoms with Crippen LogP contribution < -0.4 is 5.32 Å². The van der Waals surface area contributed by atoms with Gasteiger partial charge in [0, 0.05) is 35.1 Å². The summed E-state index contributed by atoms with van der Waals surface area (Å²) in [4.78, 5) is 4.33. The van der Waals surface area contributed by atoms with Crippen LogP contribution in [0.2, 0.25) is 0 Å². The van der Waals surface area contributed by atoms with E-state index in [1.165, 1.54) is 0 Å². The smallest absolute Gasteiger partial charge is 0.133 e. The number of rotatable bonds is 4. The number of hydrogen-bond acceptors (Lipinski definition) is 3. The number of halogens is 1. The molecular formula is C12H13BrN2O. The molecule has 2 rings (SSSR count). The van der Waals surface area contributed by atoms with Gasteiger partial charge in [-0.25, -0.2) is 4.98 Å². The van der Waals surface area contributed by atoms with Gasteiger partial charge in [-0.1, -0.05) is 28.1 Å². The number of hydrogen-bond donors (Lipinski definition) is 1. The number of anilines is 1. The Morgan fingerprint density at radius 2 is 2.19 bits per heavy atom. The minimum atomic E-state index is 0.673. The number of nitrogens with zero attached hydrogens (tertiary/aromatic N) is 1. The van der Waals surface area contributed by atoms with Gasteiger partial charge in [0.15, 0.2) is 0 Å². The SMILES string of the molecule is COCCNc1nccc2c(Br)cccc12. The van der Waals surface area contributed by atoms with Crippen molar-refractivity contribution in [3.05, 3.63) is 34.9 Å². The summed E-state index contributed by atoms with van der Waals surface area (Å²) in [5.74, 6) is 0.899. The van der Waals surface area contributed by atoms with E-state index < -0.39 is 0 Å². The second-order valence-electron chi connectivity index (χ2n) is 3.41. The summed E-state index contributed by atoms with van der Waals surface area (Å²) < 4.78 is 6.09. The molecule has 1 aromatic carbocycles. The molecule has 0 aliphatic rings. The Morgan fingerprint density at radius 1 is 1.31 bits per heavy atom. The third-order valence-electron chi connectivity index (χ3n) is 2.35. The van der Waals surface area contributed by atoms with Crippen LogP contribution in [0, 0.1) is 0 Å². The highest BCUT2D eigenvalue weighted by molar-refractivity contribution is 9.10. The van der Waals surface area contributed by atoms with E-state index in [1.807, 2.05) is 24.4 Å². The number of benzene rings is 1. The molecule has 4 heteroatoms. The van der Waals surface area contributed by atoms with Gasteiger partial charge in [0.05, 0.1) is 6.61 Å². The third kappa shape index (κ3) is 2.33. The van der Waals surface area contributed by atoms with Gasteiger partial charge in [-0.15, -0.1) is 0 Å². The first kappa shape index (κ1) is 11.4. The average Bonchev–Trinajstić information content (AvgIpc) is 2.31. The van der Waals surface area contributed by atoms with Gasteiger partial charge in [0.2, 0.25) is 0 Å². The monoisotopic (exact) mass is 280 g/mol. The second kappa shape index (κ2) is 5.27. The summed E-state index contributed by atoms with van der Waals surface area (Å²) in [7, 11) is 1.69. The highest BCUT2D eigenvalue weighted by Crippen LogP contribution is 2.27. The van der Waals surface area contributed by atoms with Gasteiger partial charge >= 0.3 is 0 Å². The summed E-state index contributed by atoms with van der Waals surface area (Å²) in [6, 6.07) is 8.10. The van der Waals surface area contributed by atoms with Crippen LogP contribution in [-0.2, 0) is 4.74 Å². The summed E-state index contributed by atoms with van der Waals surface area (Å²) in [6.07, 6.45) is 1.81. The van der Waals surface area contributed by atoms with E-state index in [2.05, 4.69) is 32.3 Å². The lowest BCUT2D eigenvalue weighted by atomic mass is 10.1. The zero-order chi connectivity index (χ0) is 11.4. The van der Waals surface area contributed by atoms with Crippen molar-refractivity contribution in [1.82, 2.24) is 4.98 Å². The van der Waals surface area contributed by atoms with Crippen molar-refractivity contribution >= 4 is 32.5 Å². The number of ether oxygens (including phenoxy) is 1. The molecule has 2 aromatic rings. The van der Waals surface area contributed by atoms with Crippen LogP contribution in [0.15, 0.2) is 34.9 Å². The average molecular weight is 281 g/mol. The molecule has 0 radical (unpaired) electrons. The van der Waals surface area contributed by atoms with E-state index in [0.29, 0.717) is 6.61 Å². The maximum absolute atomic E-state index is 5.00. The Balaban J connectivity index is 2.34. The highest BCUT2D eigenvalue weighted by Gasteiger charge is 2.03. The predicted octanol–water partition coefficient (Wildman–Crippen LogP) is 3.06. The fourth-order valence-electron chi connectivity index (χ4n) is 1.58. The number of pyridine rings is 1. The number of aromatic nitrogens is 1. The summed E-state index contributed by atoms with van der Waals surface area (Å²) in [5.41, 5.74) is 0. The predicted molar refractivity (Wildman–Crippen MR) is 69.8 cm³/mol. The molecule has 0 fully saturated rings. The molecule has 0 saturated carbocycles. The molecule has 3 nitrogen and oxygen atoms in total. The molecule has 0 amide bonds. The third-order valence-corrected chi connectivity index (χ3v) is 3.04. The molecule has 1 aromatic heterocycles. The molecule has 0 unspecified atom stereocenters. The molecule has 0 aliphatic heterocycles. The first-order chi connectivity index (χ1) is 7.83.